The molecular weight excluding hydrogens is 252 g/mol. The second kappa shape index (κ2) is 4.40. The van der Waals surface area contributed by atoms with Gasteiger partial charge in [0.05, 0.1) is 11.8 Å². The van der Waals surface area contributed by atoms with E-state index in [0.29, 0.717) is 11.6 Å². The van der Waals surface area contributed by atoms with Crippen LogP contribution >= 0.6 is 0 Å². The average molecular weight is 272 g/mol. The minimum Gasteiger partial charge on any atom is -0.463 e. The number of hydrogen-bond donors (Lipinski definition) is 2. The summed E-state index contributed by atoms with van der Waals surface area (Å²) in [5.41, 5.74) is 2.21. The first-order valence-electron chi connectivity index (χ1n) is 7.58. The minimum absolute atomic E-state index is 0.0216. The van der Waals surface area contributed by atoms with E-state index in [1.165, 1.54) is 25.7 Å². The van der Waals surface area contributed by atoms with Gasteiger partial charge in [-0.05, 0) is 43.9 Å². The van der Waals surface area contributed by atoms with Crippen LogP contribution in [-0.2, 0) is 0 Å². The molecule has 4 rings (SSSR count). The molecule has 4 unspecified atom stereocenters. The molecule has 0 saturated heterocycles. The highest BCUT2D eigenvalue weighted by Gasteiger charge is 2.42. The molecule has 4 atom stereocenters. The van der Waals surface area contributed by atoms with Crippen LogP contribution in [0.5, 0.6) is 0 Å². The van der Waals surface area contributed by atoms with Gasteiger partial charge in [-0.2, -0.15) is 0 Å². The van der Waals surface area contributed by atoms with Gasteiger partial charge in [0.15, 0.2) is 5.58 Å². The van der Waals surface area contributed by atoms with Crippen LogP contribution in [0.25, 0.3) is 11.1 Å². The molecule has 0 aromatic carbocycles. The van der Waals surface area contributed by atoms with Crippen molar-refractivity contribution in [2.24, 2.45) is 17.8 Å². The van der Waals surface area contributed by atoms with Crippen molar-refractivity contribution in [3.63, 3.8) is 0 Å². The summed E-state index contributed by atoms with van der Waals surface area (Å²) in [6.45, 7) is 2.15. The van der Waals surface area contributed by atoms with Crippen LogP contribution in [0.1, 0.15) is 43.1 Å². The number of amides is 1. The van der Waals surface area contributed by atoms with Crippen LogP contribution < -0.4 is 5.32 Å². The Balaban J connectivity index is 1.45. The SMILES string of the molecule is CC(NC(=O)c1cc2occc2[nH]1)C1CC2CCC1C2. The normalized spacial score (nSPS) is 29.9. The van der Waals surface area contributed by atoms with E-state index in [2.05, 4.69) is 17.2 Å². The third kappa shape index (κ3) is 1.86. The van der Waals surface area contributed by atoms with Gasteiger partial charge in [0.25, 0.3) is 5.91 Å². The summed E-state index contributed by atoms with van der Waals surface area (Å²) < 4.78 is 5.28. The number of H-pyrrole nitrogens is 1. The second-order valence-electron chi connectivity index (χ2n) is 6.48. The first kappa shape index (κ1) is 12.1. The van der Waals surface area contributed by atoms with Gasteiger partial charge in [0.1, 0.15) is 5.69 Å². The number of hydrogen-bond acceptors (Lipinski definition) is 2. The summed E-state index contributed by atoms with van der Waals surface area (Å²) in [6.07, 6.45) is 7.04. The molecule has 2 saturated carbocycles. The third-order valence-corrected chi connectivity index (χ3v) is 5.28. The van der Waals surface area contributed by atoms with Crippen LogP contribution in [0, 0.1) is 17.8 Å². The fourth-order valence-corrected chi connectivity index (χ4v) is 4.27. The van der Waals surface area contributed by atoms with Crippen molar-refractivity contribution in [2.75, 3.05) is 0 Å². The molecule has 4 nitrogen and oxygen atoms in total. The lowest BCUT2D eigenvalue weighted by molar-refractivity contribution is 0.0911. The topological polar surface area (TPSA) is 58.0 Å². The zero-order valence-corrected chi connectivity index (χ0v) is 11.7. The summed E-state index contributed by atoms with van der Waals surface area (Å²) in [5, 5.41) is 3.16. The molecule has 2 fully saturated rings. The fraction of sp³-hybridized carbons (Fsp3) is 0.562. The lowest BCUT2D eigenvalue weighted by atomic mass is 9.84. The van der Waals surface area contributed by atoms with Crippen molar-refractivity contribution in [1.82, 2.24) is 10.3 Å². The van der Waals surface area contributed by atoms with Crippen LogP contribution in [0.3, 0.4) is 0 Å². The maximum absolute atomic E-state index is 12.3. The molecule has 2 heterocycles. The number of carbonyl (C=O) groups excluding carboxylic acids is 1. The summed E-state index contributed by atoms with van der Waals surface area (Å²) in [6, 6.07) is 3.87. The number of aromatic nitrogens is 1. The van der Waals surface area contributed by atoms with E-state index in [9.17, 15) is 4.79 Å². The first-order chi connectivity index (χ1) is 9.70. The third-order valence-electron chi connectivity index (χ3n) is 5.28. The monoisotopic (exact) mass is 272 g/mol. The zero-order chi connectivity index (χ0) is 13.7. The molecule has 4 heteroatoms. The van der Waals surface area contributed by atoms with Crippen molar-refractivity contribution in [3.05, 3.63) is 24.1 Å². The zero-order valence-electron chi connectivity index (χ0n) is 11.7. The van der Waals surface area contributed by atoms with E-state index in [4.69, 9.17) is 4.42 Å². The smallest absolute Gasteiger partial charge is 0.268 e. The number of carbonyl (C=O) groups is 1. The molecule has 2 bridgehead atoms. The van der Waals surface area contributed by atoms with Gasteiger partial charge in [-0.25, -0.2) is 0 Å². The Morgan fingerprint density at radius 1 is 1.45 bits per heavy atom. The number of rotatable bonds is 3. The Morgan fingerprint density at radius 3 is 3.05 bits per heavy atom. The molecule has 106 valence electrons. The van der Waals surface area contributed by atoms with E-state index in [1.807, 2.05) is 6.07 Å². The van der Waals surface area contributed by atoms with Gasteiger partial charge in [-0.15, -0.1) is 0 Å². The first-order valence-corrected chi connectivity index (χ1v) is 7.58. The van der Waals surface area contributed by atoms with Crippen LogP contribution in [-0.4, -0.2) is 16.9 Å². The highest BCUT2D eigenvalue weighted by molar-refractivity contribution is 5.96. The Labute approximate surface area is 117 Å². The summed E-state index contributed by atoms with van der Waals surface area (Å²) >= 11 is 0. The molecule has 0 spiro atoms. The Bertz CT molecular complexity index is 613. The van der Waals surface area contributed by atoms with Gasteiger partial charge in [-0.1, -0.05) is 6.42 Å². The van der Waals surface area contributed by atoms with E-state index < -0.39 is 0 Å². The second-order valence-corrected chi connectivity index (χ2v) is 6.48. The molecule has 2 N–H and O–H groups in total. The lowest BCUT2D eigenvalue weighted by Gasteiger charge is -2.28. The van der Waals surface area contributed by atoms with E-state index in [0.717, 1.165) is 22.9 Å². The maximum atomic E-state index is 12.3. The van der Waals surface area contributed by atoms with Crippen molar-refractivity contribution in [2.45, 2.75) is 38.6 Å². The predicted molar refractivity (Wildman–Crippen MR) is 76.4 cm³/mol. The quantitative estimate of drug-likeness (QED) is 0.900. The average Bonchev–Trinajstić information content (AvgIpc) is 3.17. The number of furan rings is 1. The largest absolute Gasteiger partial charge is 0.463 e. The Kier molecular flexibility index (Phi) is 2.65. The van der Waals surface area contributed by atoms with Gasteiger partial charge in [-0.3, -0.25) is 4.79 Å². The van der Waals surface area contributed by atoms with Gasteiger partial charge in [0.2, 0.25) is 0 Å². The van der Waals surface area contributed by atoms with Crippen molar-refractivity contribution >= 4 is 17.0 Å². The molecule has 0 aliphatic heterocycles. The fourth-order valence-electron chi connectivity index (χ4n) is 4.27. The number of aromatic amines is 1. The number of nitrogens with one attached hydrogen (secondary N) is 2. The van der Waals surface area contributed by atoms with Crippen LogP contribution in [0.15, 0.2) is 22.8 Å². The predicted octanol–water partition coefficient (Wildman–Crippen LogP) is 3.32. The highest BCUT2D eigenvalue weighted by atomic mass is 16.3. The van der Waals surface area contributed by atoms with E-state index >= 15 is 0 Å². The Morgan fingerprint density at radius 2 is 2.35 bits per heavy atom. The van der Waals surface area contributed by atoms with Gasteiger partial charge >= 0.3 is 0 Å². The van der Waals surface area contributed by atoms with Gasteiger partial charge in [0, 0.05) is 18.2 Å². The summed E-state index contributed by atoms with van der Waals surface area (Å²) in [4.78, 5) is 15.4. The van der Waals surface area contributed by atoms with Crippen molar-refractivity contribution in [1.29, 1.82) is 0 Å². The molecular formula is C16H20N2O2. The van der Waals surface area contributed by atoms with Crippen LogP contribution in [0.2, 0.25) is 0 Å². The van der Waals surface area contributed by atoms with E-state index in [1.54, 1.807) is 12.3 Å². The molecule has 2 aliphatic rings. The standard InChI is InChI=1S/C16H20N2O2/c1-9(12-7-10-2-3-11(12)6-10)17-16(19)14-8-15-13(18-14)4-5-20-15/h4-5,8-12,18H,2-3,6-7H2,1H3,(H,17,19). The van der Waals surface area contributed by atoms with E-state index in [-0.39, 0.29) is 11.9 Å². The Hall–Kier alpha value is -1.71. The molecule has 2 aromatic rings. The lowest BCUT2D eigenvalue weighted by Crippen LogP contribution is -2.40. The van der Waals surface area contributed by atoms with Crippen molar-refractivity contribution in [3.8, 4) is 0 Å². The summed E-state index contributed by atoms with van der Waals surface area (Å²) in [7, 11) is 0. The molecule has 20 heavy (non-hydrogen) atoms. The molecule has 2 aromatic heterocycles. The summed E-state index contributed by atoms with van der Waals surface area (Å²) in [5.74, 6) is 2.38. The highest BCUT2D eigenvalue weighted by Crippen LogP contribution is 2.49. The van der Waals surface area contributed by atoms with Crippen molar-refractivity contribution < 1.29 is 9.21 Å². The van der Waals surface area contributed by atoms with Gasteiger partial charge < -0.3 is 14.7 Å². The molecule has 1 amide bonds. The molecule has 2 aliphatic carbocycles. The minimum atomic E-state index is -0.0216. The van der Waals surface area contributed by atoms with Crippen LogP contribution in [0.4, 0.5) is 0 Å². The number of fused-ring (bicyclic) bond motifs is 3. The molecule has 0 radical (unpaired) electrons. The maximum Gasteiger partial charge on any atom is 0.268 e.